The number of ether oxygens (including phenoxy) is 2. The molecule has 1 heterocycles. The number of esters is 1. The molecule has 8 heteroatoms. The van der Waals surface area contributed by atoms with Gasteiger partial charge in [0.25, 0.3) is 5.56 Å². The highest BCUT2D eigenvalue weighted by atomic mass is 35.5. The van der Waals surface area contributed by atoms with Crippen LogP contribution < -0.4 is 4.74 Å². The van der Waals surface area contributed by atoms with Gasteiger partial charge in [-0.1, -0.05) is 23.2 Å². The normalized spacial score (nSPS) is 11.8. The SMILES string of the molecule is CCOC(=O)C(Cl)Oc1ccc(C(=O)c2ccnn2CC)c(Cl)c1. The highest BCUT2D eigenvalue weighted by molar-refractivity contribution is 6.35. The molecule has 1 unspecified atom stereocenters. The topological polar surface area (TPSA) is 70.4 Å². The number of carbonyl (C=O) groups excluding carboxylic acids is 2. The molecule has 6 nitrogen and oxygen atoms in total. The molecule has 0 aliphatic heterocycles. The minimum atomic E-state index is -1.29. The predicted octanol–water partition coefficient (Wildman–Crippen LogP) is 3.29. The number of ketones is 1. The number of carbonyl (C=O) groups is 2. The summed E-state index contributed by atoms with van der Waals surface area (Å²) in [4.78, 5) is 24.0. The highest BCUT2D eigenvalue weighted by Gasteiger charge is 2.21. The van der Waals surface area contributed by atoms with Crippen molar-refractivity contribution in [1.82, 2.24) is 9.78 Å². The van der Waals surface area contributed by atoms with Gasteiger partial charge in [0.15, 0.2) is 0 Å². The fraction of sp³-hybridized carbons (Fsp3) is 0.312. The van der Waals surface area contributed by atoms with Gasteiger partial charge in [0.2, 0.25) is 5.78 Å². The Labute approximate surface area is 149 Å². The van der Waals surface area contributed by atoms with Gasteiger partial charge < -0.3 is 9.47 Å². The fourth-order valence-corrected chi connectivity index (χ4v) is 2.47. The van der Waals surface area contributed by atoms with Crippen LogP contribution in [0.1, 0.15) is 29.9 Å². The molecule has 0 N–H and O–H groups in total. The first-order valence-electron chi connectivity index (χ1n) is 7.31. The van der Waals surface area contributed by atoms with E-state index < -0.39 is 11.5 Å². The van der Waals surface area contributed by atoms with Gasteiger partial charge in [-0.15, -0.1) is 0 Å². The molecule has 2 aromatic rings. The summed E-state index contributed by atoms with van der Waals surface area (Å²) in [6.45, 7) is 4.32. The summed E-state index contributed by atoms with van der Waals surface area (Å²) in [6.07, 6.45) is 1.56. The van der Waals surface area contributed by atoms with Gasteiger partial charge in [-0.25, -0.2) is 4.79 Å². The Morgan fingerprint density at radius 2 is 2.04 bits per heavy atom. The van der Waals surface area contributed by atoms with E-state index in [2.05, 4.69) is 5.10 Å². The minimum absolute atomic E-state index is 0.189. The molecular weight excluding hydrogens is 355 g/mol. The predicted molar refractivity (Wildman–Crippen MR) is 89.7 cm³/mol. The van der Waals surface area contributed by atoms with Crippen LogP contribution in [0, 0.1) is 0 Å². The van der Waals surface area contributed by atoms with E-state index in [0.717, 1.165) is 0 Å². The van der Waals surface area contributed by atoms with Gasteiger partial charge in [-0.05, 0) is 38.1 Å². The van der Waals surface area contributed by atoms with Crippen molar-refractivity contribution in [3.63, 3.8) is 0 Å². The monoisotopic (exact) mass is 370 g/mol. The number of aryl methyl sites for hydroxylation is 1. The molecule has 0 amide bonds. The van der Waals surface area contributed by atoms with E-state index >= 15 is 0 Å². The number of alkyl halides is 1. The standard InChI is InChI=1S/C16H16Cl2N2O4/c1-3-20-13(7-8-19-20)14(21)11-6-5-10(9-12(11)17)24-15(18)16(22)23-4-2/h5-9,15H,3-4H2,1-2H3. The van der Waals surface area contributed by atoms with Crippen LogP contribution in [0.5, 0.6) is 5.75 Å². The molecule has 1 atom stereocenters. The lowest BCUT2D eigenvalue weighted by Crippen LogP contribution is -2.23. The molecule has 0 spiro atoms. The maximum absolute atomic E-state index is 12.5. The second-order valence-corrected chi connectivity index (χ2v) is 5.49. The zero-order valence-electron chi connectivity index (χ0n) is 13.2. The molecule has 1 aromatic heterocycles. The molecule has 0 aliphatic rings. The quantitative estimate of drug-likeness (QED) is 0.424. The van der Waals surface area contributed by atoms with Crippen LogP contribution >= 0.6 is 23.2 Å². The molecule has 0 saturated carbocycles. The summed E-state index contributed by atoms with van der Waals surface area (Å²) in [5.74, 6) is -0.686. The lowest BCUT2D eigenvalue weighted by Gasteiger charge is -2.12. The Balaban J connectivity index is 2.18. The van der Waals surface area contributed by atoms with Gasteiger partial charge in [0, 0.05) is 18.3 Å². The van der Waals surface area contributed by atoms with Crippen molar-refractivity contribution in [3.05, 3.63) is 46.7 Å². The van der Waals surface area contributed by atoms with Crippen LogP contribution in [-0.2, 0) is 16.1 Å². The zero-order valence-corrected chi connectivity index (χ0v) is 14.7. The average Bonchev–Trinajstić information content (AvgIpc) is 3.03. The lowest BCUT2D eigenvalue weighted by atomic mass is 10.1. The number of aromatic nitrogens is 2. The van der Waals surface area contributed by atoms with Gasteiger partial charge in [0.05, 0.1) is 11.6 Å². The summed E-state index contributed by atoms with van der Waals surface area (Å²) in [7, 11) is 0. The number of nitrogens with zero attached hydrogens (tertiary/aromatic N) is 2. The first-order chi connectivity index (χ1) is 11.5. The first-order valence-corrected chi connectivity index (χ1v) is 8.12. The van der Waals surface area contributed by atoms with Crippen molar-refractivity contribution in [2.75, 3.05) is 6.61 Å². The minimum Gasteiger partial charge on any atom is -0.463 e. The third-order valence-electron chi connectivity index (χ3n) is 3.15. The average molecular weight is 371 g/mol. The summed E-state index contributed by atoms with van der Waals surface area (Å²) in [5.41, 5.74) is -0.541. The molecule has 2 rings (SSSR count). The van der Waals surface area contributed by atoms with E-state index in [-0.39, 0.29) is 23.2 Å². The van der Waals surface area contributed by atoms with Gasteiger partial charge in [0.1, 0.15) is 11.4 Å². The van der Waals surface area contributed by atoms with Crippen molar-refractivity contribution in [2.45, 2.75) is 26.0 Å². The van der Waals surface area contributed by atoms with Crippen LogP contribution in [0.25, 0.3) is 0 Å². The van der Waals surface area contributed by atoms with E-state index in [1.54, 1.807) is 23.9 Å². The van der Waals surface area contributed by atoms with Crippen LogP contribution in [0.15, 0.2) is 30.5 Å². The number of rotatable bonds is 7. The van der Waals surface area contributed by atoms with E-state index in [0.29, 0.717) is 17.8 Å². The lowest BCUT2D eigenvalue weighted by molar-refractivity contribution is -0.147. The highest BCUT2D eigenvalue weighted by Crippen LogP contribution is 2.26. The Morgan fingerprint density at radius 3 is 2.67 bits per heavy atom. The third-order valence-corrected chi connectivity index (χ3v) is 3.73. The number of hydrogen-bond acceptors (Lipinski definition) is 5. The van der Waals surface area contributed by atoms with E-state index in [9.17, 15) is 9.59 Å². The van der Waals surface area contributed by atoms with Crippen LogP contribution in [-0.4, -0.2) is 33.7 Å². The van der Waals surface area contributed by atoms with Crippen LogP contribution in [0.2, 0.25) is 5.02 Å². The second-order valence-electron chi connectivity index (χ2n) is 4.69. The van der Waals surface area contributed by atoms with Crippen LogP contribution in [0.4, 0.5) is 0 Å². The van der Waals surface area contributed by atoms with Crippen LogP contribution in [0.3, 0.4) is 0 Å². The number of hydrogen-bond donors (Lipinski definition) is 0. The summed E-state index contributed by atoms with van der Waals surface area (Å²) in [6, 6.07) is 6.08. The molecule has 128 valence electrons. The van der Waals surface area contributed by atoms with Gasteiger partial charge in [-0.2, -0.15) is 5.10 Å². The summed E-state index contributed by atoms with van der Waals surface area (Å²) >= 11 is 12.0. The molecule has 1 aromatic carbocycles. The Bertz CT molecular complexity index is 745. The Hall–Kier alpha value is -2.05. The van der Waals surface area contributed by atoms with Crippen molar-refractivity contribution < 1.29 is 19.1 Å². The maximum Gasteiger partial charge on any atom is 0.363 e. The van der Waals surface area contributed by atoms with Gasteiger partial charge in [-0.3, -0.25) is 9.48 Å². The molecule has 0 fully saturated rings. The largest absolute Gasteiger partial charge is 0.463 e. The van der Waals surface area contributed by atoms with E-state index in [1.807, 2.05) is 6.92 Å². The first kappa shape index (κ1) is 18.3. The molecule has 0 saturated heterocycles. The smallest absolute Gasteiger partial charge is 0.363 e. The fourth-order valence-electron chi connectivity index (χ4n) is 2.04. The van der Waals surface area contributed by atoms with E-state index in [1.165, 1.54) is 18.2 Å². The molecule has 0 radical (unpaired) electrons. The summed E-state index contributed by atoms with van der Waals surface area (Å²) < 4.78 is 11.6. The Morgan fingerprint density at radius 1 is 1.29 bits per heavy atom. The van der Waals surface area contributed by atoms with Gasteiger partial charge >= 0.3 is 5.97 Å². The van der Waals surface area contributed by atoms with Crippen molar-refractivity contribution in [1.29, 1.82) is 0 Å². The van der Waals surface area contributed by atoms with Crippen molar-refractivity contribution in [3.8, 4) is 5.75 Å². The van der Waals surface area contributed by atoms with E-state index in [4.69, 9.17) is 32.7 Å². The number of halogens is 2. The zero-order chi connectivity index (χ0) is 17.7. The maximum atomic E-state index is 12.5. The number of benzene rings is 1. The summed E-state index contributed by atoms with van der Waals surface area (Å²) in [5, 5.41) is 4.25. The molecule has 24 heavy (non-hydrogen) atoms. The second kappa shape index (κ2) is 8.17. The molecular formula is C16H16Cl2N2O4. The van der Waals surface area contributed by atoms with Crippen molar-refractivity contribution >= 4 is 35.0 Å². The third kappa shape index (κ3) is 4.07. The van der Waals surface area contributed by atoms with Crippen molar-refractivity contribution in [2.24, 2.45) is 0 Å². The Kier molecular flexibility index (Phi) is 6.23. The molecule has 0 aliphatic carbocycles. The molecule has 0 bridgehead atoms.